The molecule has 2 aliphatic heterocycles. The van der Waals surface area contributed by atoms with E-state index in [1.807, 2.05) is 12.1 Å². The summed E-state index contributed by atoms with van der Waals surface area (Å²) in [7, 11) is 1.56. The second-order valence-electron chi connectivity index (χ2n) is 7.37. The maximum Gasteiger partial charge on any atom is 0.256 e. The Morgan fingerprint density at radius 3 is 2.87 bits per heavy atom. The number of benzene rings is 2. The number of rotatable bonds is 5. The minimum atomic E-state index is -0.626. The molecule has 2 heterocycles. The van der Waals surface area contributed by atoms with Gasteiger partial charge in [-0.2, -0.15) is 0 Å². The molecular weight excluding hydrogens is 389 g/mol. The summed E-state index contributed by atoms with van der Waals surface area (Å²) in [4.78, 5) is 41.4. The summed E-state index contributed by atoms with van der Waals surface area (Å²) in [5.74, 6) is -0.964. The summed E-state index contributed by atoms with van der Waals surface area (Å²) < 4.78 is 19.1. The van der Waals surface area contributed by atoms with Crippen molar-refractivity contribution < 1.29 is 23.5 Å². The zero-order chi connectivity index (χ0) is 21.3. The summed E-state index contributed by atoms with van der Waals surface area (Å²) in [5.41, 5.74) is 1.21. The Bertz CT molecular complexity index is 1010. The average Bonchev–Trinajstić information content (AvgIpc) is 3.22. The van der Waals surface area contributed by atoms with Crippen LogP contribution in [0.15, 0.2) is 42.5 Å². The van der Waals surface area contributed by atoms with E-state index in [4.69, 9.17) is 4.74 Å². The largest absolute Gasteiger partial charge is 0.497 e. The van der Waals surface area contributed by atoms with Gasteiger partial charge in [0.15, 0.2) is 0 Å². The smallest absolute Gasteiger partial charge is 0.256 e. The standard InChI is InChI=1S/C22H22FN3O4/c1-30-16-5-2-4-14(10-16)12-24-20(27)13-26-19-11-15(23)7-8-17(19)21(28)25-9-3-6-18(25)22(26)29/h2,4-5,7-8,10-11,18H,3,6,9,12-13H2,1H3,(H,24,27)/t18-/m0/s1. The first kappa shape index (κ1) is 19.9. The van der Waals surface area contributed by atoms with Gasteiger partial charge in [-0.15, -0.1) is 0 Å². The third kappa shape index (κ3) is 3.72. The van der Waals surface area contributed by atoms with Crippen LogP contribution in [0, 0.1) is 5.82 Å². The van der Waals surface area contributed by atoms with Gasteiger partial charge in [-0.3, -0.25) is 14.4 Å². The Hall–Kier alpha value is -3.42. The zero-order valence-corrected chi connectivity index (χ0v) is 16.6. The number of halogens is 1. The highest BCUT2D eigenvalue weighted by molar-refractivity contribution is 6.12. The molecule has 2 aromatic rings. The van der Waals surface area contributed by atoms with Gasteiger partial charge in [-0.05, 0) is 48.7 Å². The predicted molar refractivity (Wildman–Crippen MR) is 108 cm³/mol. The fourth-order valence-electron chi connectivity index (χ4n) is 3.97. The molecule has 1 atom stereocenters. The predicted octanol–water partition coefficient (Wildman–Crippen LogP) is 2.10. The highest BCUT2D eigenvalue weighted by Gasteiger charge is 2.42. The van der Waals surface area contributed by atoms with E-state index in [2.05, 4.69) is 5.32 Å². The molecule has 7 nitrogen and oxygen atoms in total. The molecular formula is C22H22FN3O4. The maximum atomic E-state index is 13.9. The van der Waals surface area contributed by atoms with Crippen LogP contribution in [0.4, 0.5) is 10.1 Å². The molecule has 30 heavy (non-hydrogen) atoms. The van der Waals surface area contributed by atoms with Crippen LogP contribution in [0.2, 0.25) is 0 Å². The van der Waals surface area contributed by atoms with Gasteiger partial charge >= 0.3 is 0 Å². The summed E-state index contributed by atoms with van der Waals surface area (Å²) in [6, 6.07) is 10.4. The molecule has 3 amide bonds. The van der Waals surface area contributed by atoms with Crippen molar-refractivity contribution >= 4 is 23.4 Å². The lowest BCUT2D eigenvalue weighted by Gasteiger charge is -2.25. The van der Waals surface area contributed by atoms with E-state index < -0.39 is 17.8 Å². The van der Waals surface area contributed by atoms with Crippen LogP contribution >= 0.6 is 0 Å². The number of fused-ring (bicyclic) bond motifs is 2. The minimum absolute atomic E-state index is 0.135. The van der Waals surface area contributed by atoms with Gasteiger partial charge in [0.25, 0.3) is 5.91 Å². The van der Waals surface area contributed by atoms with Crippen LogP contribution in [0.25, 0.3) is 0 Å². The number of carbonyl (C=O) groups excluding carboxylic acids is 3. The molecule has 0 unspecified atom stereocenters. The van der Waals surface area contributed by atoms with Crippen molar-refractivity contribution in [2.24, 2.45) is 0 Å². The second-order valence-corrected chi connectivity index (χ2v) is 7.37. The van der Waals surface area contributed by atoms with Crippen LogP contribution in [-0.2, 0) is 16.1 Å². The van der Waals surface area contributed by atoms with E-state index in [0.717, 1.165) is 11.6 Å². The number of nitrogens with zero attached hydrogens (tertiary/aromatic N) is 2. The quantitative estimate of drug-likeness (QED) is 0.817. The van der Waals surface area contributed by atoms with Crippen molar-refractivity contribution in [2.75, 3.05) is 25.1 Å². The Morgan fingerprint density at radius 2 is 2.07 bits per heavy atom. The number of carbonyl (C=O) groups is 3. The van der Waals surface area contributed by atoms with E-state index in [-0.39, 0.29) is 36.2 Å². The molecule has 1 N–H and O–H groups in total. The summed E-state index contributed by atoms with van der Waals surface area (Å²) >= 11 is 0. The Balaban J connectivity index is 1.56. The number of anilines is 1. The van der Waals surface area contributed by atoms with Crippen molar-refractivity contribution in [2.45, 2.75) is 25.4 Å². The lowest BCUT2D eigenvalue weighted by atomic mass is 10.1. The van der Waals surface area contributed by atoms with Crippen LogP contribution in [0.3, 0.4) is 0 Å². The topological polar surface area (TPSA) is 79.0 Å². The Labute approximate surface area is 173 Å². The summed E-state index contributed by atoms with van der Waals surface area (Å²) in [6.45, 7) is 0.432. The van der Waals surface area contributed by atoms with E-state index in [0.29, 0.717) is 25.1 Å². The molecule has 8 heteroatoms. The van der Waals surface area contributed by atoms with E-state index in [1.165, 1.54) is 21.9 Å². The molecule has 4 rings (SSSR count). The maximum absolute atomic E-state index is 13.9. The van der Waals surface area contributed by atoms with E-state index in [1.54, 1.807) is 19.2 Å². The SMILES string of the molecule is COc1cccc(CNC(=O)CN2C(=O)[C@@H]3CCCN3C(=O)c3ccc(F)cc32)c1. The van der Waals surface area contributed by atoms with E-state index >= 15 is 0 Å². The molecule has 0 bridgehead atoms. The molecule has 2 aliphatic rings. The van der Waals surface area contributed by atoms with Gasteiger partial charge in [0.05, 0.1) is 18.4 Å². The molecule has 0 spiro atoms. The van der Waals surface area contributed by atoms with Gasteiger partial charge in [-0.25, -0.2) is 4.39 Å². The molecule has 2 aromatic carbocycles. The molecule has 0 aliphatic carbocycles. The van der Waals surface area contributed by atoms with Crippen LogP contribution < -0.4 is 15.0 Å². The van der Waals surface area contributed by atoms with Gasteiger partial charge in [-0.1, -0.05) is 12.1 Å². The molecule has 0 aromatic heterocycles. The van der Waals surface area contributed by atoms with Gasteiger partial charge in [0.1, 0.15) is 24.2 Å². The zero-order valence-electron chi connectivity index (χ0n) is 16.6. The fourth-order valence-corrected chi connectivity index (χ4v) is 3.97. The fraction of sp³-hybridized carbons (Fsp3) is 0.318. The van der Waals surface area contributed by atoms with Crippen molar-refractivity contribution in [3.05, 3.63) is 59.4 Å². The lowest BCUT2D eigenvalue weighted by Crippen LogP contribution is -2.48. The third-order valence-corrected chi connectivity index (χ3v) is 5.47. The second kappa shape index (κ2) is 8.14. The van der Waals surface area contributed by atoms with Crippen molar-refractivity contribution in [1.82, 2.24) is 10.2 Å². The number of ether oxygens (including phenoxy) is 1. The van der Waals surface area contributed by atoms with E-state index in [9.17, 15) is 18.8 Å². The molecule has 1 saturated heterocycles. The lowest BCUT2D eigenvalue weighted by molar-refractivity contribution is -0.125. The van der Waals surface area contributed by atoms with Gasteiger partial charge in [0, 0.05) is 13.1 Å². The van der Waals surface area contributed by atoms with Crippen molar-refractivity contribution in [3.63, 3.8) is 0 Å². The highest BCUT2D eigenvalue weighted by atomic mass is 19.1. The first-order chi connectivity index (χ1) is 14.5. The van der Waals surface area contributed by atoms with Crippen LogP contribution in [0.5, 0.6) is 5.75 Å². The van der Waals surface area contributed by atoms with Crippen molar-refractivity contribution in [1.29, 1.82) is 0 Å². The number of hydrogen-bond donors (Lipinski definition) is 1. The van der Waals surface area contributed by atoms with Gasteiger partial charge < -0.3 is 19.9 Å². The third-order valence-electron chi connectivity index (χ3n) is 5.47. The number of nitrogens with one attached hydrogen (secondary N) is 1. The average molecular weight is 411 g/mol. The number of methoxy groups -OCH3 is 1. The number of hydrogen-bond acceptors (Lipinski definition) is 4. The molecule has 1 fully saturated rings. The van der Waals surface area contributed by atoms with Crippen LogP contribution in [-0.4, -0.2) is 48.9 Å². The first-order valence-electron chi connectivity index (χ1n) is 9.79. The number of amides is 3. The normalized spacial score (nSPS) is 18.0. The Kier molecular flexibility index (Phi) is 5.39. The molecule has 156 valence electrons. The van der Waals surface area contributed by atoms with Crippen LogP contribution in [0.1, 0.15) is 28.8 Å². The summed E-state index contributed by atoms with van der Waals surface area (Å²) in [6.07, 6.45) is 1.25. The monoisotopic (exact) mass is 411 g/mol. The highest BCUT2D eigenvalue weighted by Crippen LogP contribution is 2.32. The summed E-state index contributed by atoms with van der Waals surface area (Å²) in [5, 5.41) is 2.77. The minimum Gasteiger partial charge on any atom is -0.497 e. The first-order valence-corrected chi connectivity index (χ1v) is 9.79. The van der Waals surface area contributed by atoms with Crippen molar-refractivity contribution in [3.8, 4) is 5.75 Å². The Morgan fingerprint density at radius 1 is 1.23 bits per heavy atom. The molecule has 0 saturated carbocycles. The van der Waals surface area contributed by atoms with Gasteiger partial charge in [0.2, 0.25) is 11.8 Å². The molecule has 0 radical (unpaired) electrons.